The highest BCUT2D eigenvalue weighted by Gasteiger charge is 2.52. The van der Waals surface area contributed by atoms with Crippen molar-refractivity contribution in [3.05, 3.63) is 35.9 Å². The lowest BCUT2D eigenvalue weighted by atomic mass is 10.0. The van der Waals surface area contributed by atoms with Crippen LogP contribution >= 0.6 is 0 Å². The molecule has 0 bridgehead atoms. The van der Waals surface area contributed by atoms with Crippen molar-refractivity contribution in [3.63, 3.8) is 0 Å². The number of ether oxygens (including phenoxy) is 2. The van der Waals surface area contributed by atoms with E-state index < -0.39 is 5.60 Å². The molecule has 1 fully saturated rings. The summed E-state index contributed by atoms with van der Waals surface area (Å²) >= 11 is 0. The fourth-order valence-electron chi connectivity index (χ4n) is 2.81. The van der Waals surface area contributed by atoms with Gasteiger partial charge in [-0.3, -0.25) is 0 Å². The molecule has 0 saturated carbocycles. The number of hydrogen-bond donors (Lipinski definition) is 0. The molecule has 3 heteroatoms. The van der Waals surface area contributed by atoms with E-state index in [4.69, 9.17) is 9.47 Å². The van der Waals surface area contributed by atoms with Crippen LogP contribution in [0.15, 0.2) is 30.3 Å². The Morgan fingerprint density at radius 3 is 2.36 bits per heavy atom. The van der Waals surface area contributed by atoms with Crippen molar-refractivity contribution in [2.75, 3.05) is 13.2 Å². The van der Waals surface area contributed by atoms with Gasteiger partial charge in [0.2, 0.25) is 0 Å². The Hall–Kier alpha value is -1.35. The number of epoxide rings is 1. The Balaban J connectivity index is 1.46. The summed E-state index contributed by atoms with van der Waals surface area (Å²) in [4.78, 5) is 11.7. The van der Waals surface area contributed by atoms with Gasteiger partial charge in [0.05, 0.1) is 13.2 Å². The van der Waals surface area contributed by atoms with Gasteiger partial charge in [0.25, 0.3) is 0 Å². The highest BCUT2D eigenvalue weighted by Crippen LogP contribution is 2.34. The summed E-state index contributed by atoms with van der Waals surface area (Å²) in [5.74, 6) is -0.169. The lowest BCUT2D eigenvalue weighted by Gasteiger charge is -2.10. The summed E-state index contributed by atoms with van der Waals surface area (Å²) in [7, 11) is 0. The molecule has 22 heavy (non-hydrogen) atoms. The molecule has 2 rings (SSSR count). The first-order valence-corrected chi connectivity index (χ1v) is 8.62. The van der Waals surface area contributed by atoms with Gasteiger partial charge in [-0.25, -0.2) is 4.79 Å². The second-order valence-corrected chi connectivity index (χ2v) is 6.11. The number of rotatable bonds is 11. The molecule has 1 aromatic rings. The van der Waals surface area contributed by atoms with E-state index in [1.165, 1.54) is 44.1 Å². The van der Waals surface area contributed by atoms with E-state index in [0.717, 1.165) is 12.8 Å². The summed E-state index contributed by atoms with van der Waals surface area (Å²) in [5.41, 5.74) is 0.855. The van der Waals surface area contributed by atoms with Crippen molar-refractivity contribution >= 4 is 5.97 Å². The van der Waals surface area contributed by atoms with Crippen molar-refractivity contribution in [3.8, 4) is 0 Å². The van der Waals surface area contributed by atoms with Gasteiger partial charge in [-0.05, 0) is 38.2 Å². The molecule has 1 atom stereocenters. The molecular weight excluding hydrogens is 276 g/mol. The van der Waals surface area contributed by atoms with Gasteiger partial charge in [0.15, 0.2) is 5.60 Å². The zero-order valence-electron chi connectivity index (χ0n) is 13.7. The molecule has 3 nitrogen and oxygen atoms in total. The van der Waals surface area contributed by atoms with Gasteiger partial charge in [0, 0.05) is 0 Å². The summed E-state index contributed by atoms with van der Waals surface area (Å²) in [6.07, 6.45) is 9.30. The predicted molar refractivity (Wildman–Crippen MR) is 87.8 cm³/mol. The smallest absolute Gasteiger partial charge is 0.340 e. The number of carbonyl (C=O) groups is 1. The van der Waals surface area contributed by atoms with Gasteiger partial charge in [-0.15, -0.1) is 0 Å². The van der Waals surface area contributed by atoms with Crippen LogP contribution in [0.25, 0.3) is 0 Å². The Kier molecular flexibility index (Phi) is 6.91. The molecule has 0 radical (unpaired) electrons. The highest BCUT2D eigenvalue weighted by atomic mass is 16.6. The summed E-state index contributed by atoms with van der Waals surface area (Å²) in [5, 5.41) is 0. The van der Waals surface area contributed by atoms with Crippen LogP contribution < -0.4 is 0 Å². The third-order valence-corrected chi connectivity index (χ3v) is 4.28. The van der Waals surface area contributed by atoms with Crippen LogP contribution in [-0.2, 0) is 20.7 Å². The van der Waals surface area contributed by atoms with Gasteiger partial charge >= 0.3 is 5.97 Å². The summed E-state index contributed by atoms with van der Waals surface area (Å²) in [6.45, 7) is 2.82. The van der Waals surface area contributed by atoms with E-state index in [1.54, 1.807) is 0 Å². The molecule has 1 saturated heterocycles. The fourth-order valence-corrected chi connectivity index (χ4v) is 2.81. The van der Waals surface area contributed by atoms with E-state index in [9.17, 15) is 4.79 Å². The first-order chi connectivity index (χ1) is 10.8. The lowest BCUT2D eigenvalue weighted by Crippen LogP contribution is -2.27. The van der Waals surface area contributed by atoms with Crippen LogP contribution in [0.3, 0.4) is 0 Å². The van der Waals surface area contributed by atoms with Crippen molar-refractivity contribution in [1.29, 1.82) is 0 Å². The quantitative estimate of drug-likeness (QED) is 0.348. The minimum atomic E-state index is -0.580. The normalized spacial score (nSPS) is 19.9. The van der Waals surface area contributed by atoms with Crippen LogP contribution in [0.4, 0.5) is 0 Å². The second-order valence-electron chi connectivity index (χ2n) is 6.11. The number of benzene rings is 1. The molecule has 0 N–H and O–H groups in total. The summed E-state index contributed by atoms with van der Waals surface area (Å²) in [6, 6.07) is 10.7. The molecule has 1 heterocycles. The second kappa shape index (κ2) is 8.94. The van der Waals surface area contributed by atoms with Gasteiger partial charge < -0.3 is 9.47 Å². The molecular formula is C19H28O3. The topological polar surface area (TPSA) is 38.8 Å². The van der Waals surface area contributed by atoms with Crippen molar-refractivity contribution in [2.45, 2.75) is 63.9 Å². The van der Waals surface area contributed by atoms with E-state index in [0.29, 0.717) is 13.2 Å². The number of carbonyl (C=O) groups excluding carboxylic acids is 1. The minimum absolute atomic E-state index is 0.169. The molecule has 0 amide bonds. The van der Waals surface area contributed by atoms with Crippen LogP contribution in [-0.4, -0.2) is 24.8 Å². The van der Waals surface area contributed by atoms with E-state index in [-0.39, 0.29) is 5.97 Å². The number of aryl methyl sites for hydroxylation is 1. The van der Waals surface area contributed by atoms with Crippen molar-refractivity contribution < 1.29 is 14.3 Å². The number of hydrogen-bond acceptors (Lipinski definition) is 3. The van der Waals surface area contributed by atoms with Gasteiger partial charge in [-0.2, -0.15) is 0 Å². The molecule has 0 aromatic heterocycles. The van der Waals surface area contributed by atoms with Crippen LogP contribution in [0.1, 0.15) is 57.4 Å². The molecule has 0 aliphatic carbocycles. The average molecular weight is 304 g/mol. The Morgan fingerprint density at radius 2 is 1.73 bits per heavy atom. The standard InChI is InChI=1S/C19H28O3/c1-2-21-18(20)19(16-22-19)15-11-6-4-3-5-8-12-17-13-9-7-10-14-17/h7,9-10,13-14H,2-6,8,11-12,15-16H2,1H3/t19-/m0/s1. The summed E-state index contributed by atoms with van der Waals surface area (Å²) < 4.78 is 10.4. The minimum Gasteiger partial charge on any atom is -0.464 e. The van der Waals surface area contributed by atoms with Crippen molar-refractivity contribution in [2.24, 2.45) is 0 Å². The van der Waals surface area contributed by atoms with Gasteiger partial charge in [0.1, 0.15) is 0 Å². The predicted octanol–water partition coefficient (Wildman–Crippen LogP) is 4.29. The Labute approximate surface area is 134 Å². The first kappa shape index (κ1) is 17.0. The lowest BCUT2D eigenvalue weighted by molar-refractivity contribution is -0.149. The fraction of sp³-hybridized carbons (Fsp3) is 0.632. The van der Waals surface area contributed by atoms with Crippen LogP contribution in [0.2, 0.25) is 0 Å². The van der Waals surface area contributed by atoms with Crippen molar-refractivity contribution in [1.82, 2.24) is 0 Å². The first-order valence-electron chi connectivity index (χ1n) is 8.62. The van der Waals surface area contributed by atoms with E-state index in [2.05, 4.69) is 30.3 Å². The molecule has 0 spiro atoms. The number of unbranched alkanes of at least 4 members (excludes halogenated alkanes) is 5. The number of esters is 1. The van der Waals surface area contributed by atoms with E-state index in [1.807, 2.05) is 6.92 Å². The van der Waals surface area contributed by atoms with Crippen LogP contribution in [0, 0.1) is 0 Å². The molecule has 1 aliphatic heterocycles. The third kappa shape index (κ3) is 5.45. The zero-order chi connectivity index (χ0) is 15.7. The zero-order valence-corrected chi connectivity index (χ0v) is 13.7. The monoisotopic (exact) mass is 304 g/mol. The molecule has 122 valence electrons. The van der Waals surface area contributed by atoms with Crippen LogP contribution in [0.5, 0.6) is 0 Å². The molecule has 0 unspecified atom stereocenters. The van der Waals surface area contributed by atoms with Gasteiger partial charge in [-0.1, -0.05) is 56.0 Å². The maximum Gasteiger partial charge on any atom is 0.340 e. The molecule has 1 aliphatic rings. The molecule has 1 aromatic carbocycles. The SMILES string of the molecule is CCOC(=O)[C@]1(CCCCCCCCc2ccccc2)CO1. The highest BCUT2D eigenvalue weighted by molar-refractivity contribution is 5.82. The third-order valence-electron chi connectivity index (χ3n) is 4.28. The maximum atomic E-state index is 11.7. The average Bonchev–Trinajstić information content (AvgIpc) is 3.32. The Bertz CT molecular complexity index is 437. The largest absolute Gasteiger partial charge is 0.464 e. The Morgan fingerprint density at radius 1 is 1.09 bits per heavy atom. The maximum absolute atomic E-state index is 11.7. The van der Waals surface area contributed by atoms with E-state index >= 15 is 0 Å².